The van der Waals surface area contributed by atoms with Gasteiger partial charge in [0.15, 0.2) is 0 Å². The van der Waals surface area contributed by atoms with Gasteiger partial charge in [-0.1, -0.05) is 19.1 Å². The number of carbonyl (C=O) groups is 2. The SMILES string of the molecule is Cc1cccc(NC(=O)NCC(C)CC(=O)O)c1. The molecule has 2 amide bonds. The first kappa shape index (κ1) is 14.0. The molecule has 1 aromatic carbocycles. The average molecular weight is 250 g/mol. The van der Waals surface area contributed by atoms with Gasteiger partial charge >= 0.3 is 12.0 Å². The topological polar surface area (TPSA) is 78.4 Å². The molecule has 0 bridgehead atoms. The van der Waals surface area contributed by atoms with Gasteiger partial charge in [-0.3, -0.25) is 4.79 Å². The van der Waals surface area contributed by atoms with Crippen molar-refractivity contribution in [3.63, 3.8) is 0 Å². The number of urea groups is 1. The second kappa shape index (κ2) is 6.64. The highest BCUT2D eigenvalue weighted by atomic mass is 16.4. The van der Waals surface area contributed by atoms with Crippen LogP contribution in [0.3, 0.4) is 0 Å². The minimum absolute atomic E-state index is 0.0464. The number of carboxylic acids is 1. The Hall–Kier alpha value is -2.04. The summed E-state index contributed by atoms with van der Waals surface area (Å²) in [5.74, 6) is -0.950. The van der Waals surface area contributed by atoms with Crippen LogP contribution in [0.2, 0.25) is 0 Å². The molecule has 0 aromatic heterocycles. The Morgan fingerprint density at radius 2 is 2.11 bits per heavy atom. The first-order chi connectivity index (χ1) is 8.47. The number of amides is 2. The van der Waals surface area contributed by atoms with Gasteiger partial charge in [-0.15, -0.1) is 0 Å². The highest BCUT2D eigenvalue weighted by Crippen LogP contribution is 2.09. The van der Waals surface area contributed by atoms with Crippen LogP contribution in [-0.2, 0) is 4.79 Å². The molecule has 0 aliphatic heterocycles. The quantitative estimate of drug-likeness (QED) is 0.749. The second-order valence-electron chi connectivity index (χ2n) is 4.41. The summed E-state index contributed by atoms with van der Waals surface area (Å²) in [4.78, 5) is 22.0. The van der Waals surface area contributed by atoms with Crippen LogP contribution in [0.1, 0.15) is 18.9 Å². The number of aliphatic carboxylic acids is 1. The van der Waals surface area contributed by atoms with Crippen LogP contribution < -0.4 is 10.6 Å². The maximum atomic E-state index is 11.5. The van der Waals surface area contributed by atoms with E-state index >= 15 is 0 Å². The monoisotopic (exact) mass is 250 g/mol. The summed E-state index contributed by atoms with van der Waals surface area (Å²) in [6, 6.07) is 7.14. The van der Waals surface area contributed by atoms with Crippen molar-refractivity contribution in [2.75, 3.05) is 11.9 Å². The summed E-state index contributed by atoms with van der Waals surface area (Å²) in [6.07, 6.45) is 0.0464. The summed E-state index contributed by atoms with van der Waals surface area (Å²) >= 11 is 0. The van der Waals surface area contributed by atoms with E-state index in [0.717, 1.165) is 11.3 Å². The van der Waals surface area contributed by atoms with Gasteiger partial charge in [-0.25, -0.2) is 4.79 Å². The van der Waals surface area contributed by atoms with Crippen molar-refractivity contribution in [1.29, 1.82) is 0 Å². The van der Waals surface area contributed by atoms with Crippen molar-refractivity contribution in [2.24, 2.45) is 5.92 Å². The summed E-state index contributed by atoms with van der Waals surface area (Å²) in [5, 5.41) is 13.9. The van der Waals surface area contributed by atoms with Crippen molar-refractivity contribution >= 4 is 17.7 Å². The van der Waals surface area contributed by atoms with E-state index in [1.54, 1.807) is 13.0 Å². The molecule has 0 saturated carbocycles. The number of carboxylic acid groups (broad SMARTS) is 1. The third-order valence-corrected chi connectivity index (χ3v) is 2.41. The van der Waals surface area contributed by atoms with E-state index in [1.165, 1.54) is 0 Å². The standard InChI is InChI=1S/C13H18N2O3/c1-9-4-3-5-11(6-9)15-13(18)14-8-10(2)7-12(16)17/h3-6,10H,7-8H2,1-2H3,(H,16,17)(H2,14,15,18). The Morgan fingerprint density at radius 1 is 1.39 bits per heavy atom. The summed E-state index contributed by atoms with van der Waals surface area (Å²) in [5.41, 5.74) is 1.78. The van der Waals surface area contributed by atoms with E-state index < -0.39 is 5.97 Å². The maximum absolute atomic E-state index is 11.5. The van der Waals surface area contributed by atoms with Gasteiger partial charge < -0.3 is 15.7 Å². The molecule has 0 fully saturated rings. The molecule has 5 heteroatoms. The minimum atomic E-state index is -0.858. The Morgan fingerprint density at radius 3 is 2.72 bits per heavy atom. The molecular formula is C13H18N2O3. The van der Waals surface area contributed by atoms with Crippen molar-refractivity contribution in [1.82, 2.24) is 5.32 Å². The smallest absolute Gasteiger partial charge is 0.319 e. The number of rotatable bonds is 5. The van der Waals surface area contributed by atoms with Gasteiger partial charge in [0.05, 0.1) is 0 Å². The van der Waals surface area contributed by atoms with E-state index in [-0.39, 0.29) is 18.4 Å². The lowest BCUT2D eigenvalue weighted by atomic mass is 10.1. The molecular weight excluding hydrogens is 232 g/mol. The van der Waals surface area contributed by atoms with Crippen LogP contribution in [0, 0.1) is 12.8 Å². The predicted molar refractivity (Wildman–Crippen MR) is 69.6 cm³/mol. The molecule has 0 radical (unpaired) electrons. The Balaban J connectivity index is 2.36. The molecule has 3 N–H and O–H groups in total. The Kier molecular flexibility index (Phi) is 5.17. The maximum Gasteiger partial charge on any atom is 0.319 e. The fraction of sp³-hybridized carbons (Fsp3) is 0.385. The molecule has 5 nitrogen and oxygen atoms in total. The normalized spacial score (nSPS) is 11.7. The number of anilines is 1. The summed E-state index contributed by atoms with van der Waals surface area (Å²) in [7, 11) is 0. The molecule has 98 valence electrons. The van der Waals surface area contributed by atoms with Crippen molar-refractivity contribution in [3.8, 4) is 0 Å². The molecule has 0 heterocycles. The van der Waals surface area contributed by atoms with Gasteiger partial charge in [0.25, 0.3) is 0 Å². The lowest BCUT2D eigenvalue weighted by Crippen LogP contribution is -2.32. The fourth-order valence-electron chi connectivity index (χ4n) is 1.54. The van der Waals surface area contributed by atoms with Crippen LogP contribution in [-0.4, -0.2) is 23.7 Å². The number of hydrogen-bond acceptors (Lipinski definition) is 2. The van der Waals surface area contributed by atoms with Crippen molar-refractivity contribution < 1.29 is 14.7 Å². The zero-order chi connectivity index (χ0) is 13.5. The zero-order valence-electron chi connectivity index (χ0n) is 10.6. The molecule has 1 atom stereocenters. The average Bonchev–Trinajstić information content (AvgIpc) is 2.25. The Labute approximate surface area is 106 Å². The van der Waals surface area contributed by atoms with E-state index in [2.05, 4.69) is 10.6 Å². The van der Waals surface area contributed by atoms with Crippen LogP contribution in [0.5, 0.6) is 0 Å². The fourth-order valence-corrected chi connectivity index (χ4v) is 1.54. The first-order valence-corrected chi connectivity index (χ1v) is 5.80. The largest absolute Gasteiger partial charge is 0.481 e. The number of nitrogens with one attached hydrogen (secondary N) is 2. The van der Waals surface area contributed by atoms with Crippen molar-refractivity contribution in [3.05, 3.63) is 29.8 Å². The van der Waals surface area contributed by atoms with Gasteiger partial charge in [-0.2, -0.15) is 0 Å². The van der Waals surface area contributed by atoms with Crippen LogP contribution in [0.15, 0.2) is 24.3 Å². The molecule has 18 heavy (non-hydrogen) atoms. The molecule has 1 aromatic rings. The van der Waals surface area contributed by atoms with E-state index in [1.807, 2.05) is 25.1 Å². The van der Waals surface area contributed by atoms with Crippen molar-refractivity contribution in [2.45, 2.75) is 20.3 Å². The molecule has 0 aliphatic rings. The molecule has 0 saturated heterocycles. The second-order valence-corrected chi connectivity index (χ2v) is 4.41. The predicted octanol–water partition coefficient (Wildman–Crippen LogP) is 2.23. The molecule has 0 spiro atoms. The number of aryl methyl sites for hydroxylation is 1. The number of hydrogen-bond donors (Lipinski definition) is 3. The van der Waals surface area contributed by atoms with Gasteiger partial charge in [0.1, 0.15) is 0 Å². The van der Waals surface area contributed by atoms with Gasteiger partial charge in [0.2, 0.25) is 0 Å². The first-order valence-electron chi connectivity index (χ1n) is 5.80. The third-order valence-electron chi connectivity index (χ3n) is 2.41. The molecule has 1 rings (SSSR count). The van der Waals surface area contributed by atoms with Crippen LogP contribution >= 0.6 is 0 Å². The van der Waals surface area contributed by atoms with Gasteiger partial charge in [-0.05, 0) is 30.5 Å². The van der Waals surface area contributed by atoms with Gasteiger partial charge in [0, 0.05) is 18.7 Å². The number of carbonyl (C=O) groups excluding carboxylic acids is 1. The summed E-state index contributed by atoms with van der Waals surface area (Å²) in [6.45, 7) is 4.06. The lowest BCUT2D eigenvalue weighted by Gasteiger charge is -2.11. The Bertz CT molecular complexity index is 432. The zero-order valence-corrected chi connectivity index (χ0v) is 10.6. The molecule has 0 aliphatic carbocycles. The van der Waals surface area contributed by atoms with Crippen LogP contribution in [0.4, 0.5) is 10.5 Å². The summed E-state index contributed by atoms with van der Waals surface area (Å²) < 4.78 is 0. The minimum Gasteiger partial charge on any atom is -0.481 e. The highest BCUT2D eigenvalue weighted by molar-refractivity contribution is 5.89. The third kappa shape index (κ3) is 5.34. The van der Waals surface area contributed by atoms with E-state index in [0.29, 0.717) is 6.54 Å². The van der Waals surface area contributed by atoms with E-state index in [9.17, 15) is 9.59 Å². The number of benzene rings is 1. The highest BCUT2D eigenvalue weighted by Gasteiger charge is 2.09. The lowest BCUT2D eigenvalue weighted by molar-refractivity contribution is -0.137. The van der Waals surface area contributed by atoms with Crippen LogP contribution in [0.25, 0.3) is 0 Å². The van der Waals surface area contributed by atoms with E-state index in [4.69, 9.17) is 5.11 Å². The molecule has 1 unspecified atom stereocenters.